The number of amides is 1. The maximum absolute atomic E-state index is 14.0. The summed E-state index contributed by atoms with van der Waals surface area (Å²) >= 11 is 1.33. The molecule has 0 unspecified atom stereocenters. The van der Waals surface area contributed by atoms with Crippen LogP contribution in [0.3, 0.4) is 0 Å². The van der Waals surface area contributed by atoms with Crippen LogP contribution in [0.5, 0.6) is 0 Å². The number of halogens is 1. The van der Waals surface area contributed by atoms with E-state index < -0.39 is 29.5 Å². The quantitative estimate of drug-likeness (QED) is 0.893. The zero-order valence-electron chi connectivity index (χ0n) is 13.1. The minimum Gasteiger partial charge on any atom is -0.480 e. The molecule has 23 heavy (non-hydrogen) atoms. The average molecular weight is 339 g/mol. The maximum Gasteiger partial charge on any atom is 0.408 e. The third kappa shape index (κ3) is 4.41. The summed E-state index contributed by atoms with van der Waals surface area (Å²) in [6, 6.07) is 3.51. The molecule has 1 amide bonds. The van der Waals surface area contributed by atoms with Gasteiger partial charge in [-0.15, -0.1) is 11.3 Å². The van der Waals surface area contributed by atoms with Crippen molar-refractivity contribution in [3.05, 3.63) is 35.0 Å². The van der Waals surface area contributed by atoms with Crippen LogP contribution >= 0.6 is 11.3 Å². The minimum absolute atomic E-state index is 0.0183. The van der Waals surface area contributed by atoms with E-state index in [0.717, 1.165) is 4.70 Å². The van der Waals surface area contributed by atoms with Gasteiger partial charge in [-0.2, -0.15) is 0 Å². The number of thiophene rings is 1. The Labute approximate surface area is 137 Å². The molecule has 2 aromatic rings. The van der Waals surface area contributed by atoms with Crippen molar-refractivity contribution in [1.29, 1.82) is 0 Å². The van der Waals surface area contributed by atoms with Gasteiger partial charge in [0.2, 0.25) is 0 Å². The van der Waals surface area contributed by atoms with Crippen LogP contribution in [0.15, 0.2) is 23.6 Å². The van der Waals surface area contributed by atoms with Gasteiger partial charge in [0.1, 0.15) is 17.5 Å². The monoisotopic (exact) mass is 339 g/mol. The second kappa shape index (κ2) is 6.54. The van der Waals surface area contributed by atoms with E-state index in [0.29, 0.717) is 10.9 Å². The van der Waals surface area contributed by atoms with E-state index in [1.54, 1.807) is 38.3 Å². The fourth-order valence-corrected chi connectivity index (χ4v) is 3.11. The topological polar surface area (TPSA) is 75.6 Å². The highest BCUT2D eigenvalue weighted by molar-refractivity contribution is 7.17. The van der Waals surface area contributed by atoms with E-state index in [1.165, 1.54) is 17.4 Å². The molecule has 0 fully saturated rings. The SMILES string of the molecule is CC(C)(C)OC(=O)N[C@@H](Cc1csc2cccc(F)c12)C(=O)O. The molecule has 1 heterocycles. The van der Waals surface area contributed by atoms with Gasteiger partial charge in [-0.25, -0.2) is 14.0 Å². The Hall–Kier alpha value is -2.15. The number of alkyl carbamates (subject to hydrolysis) is 1. The summed E-state index contributed by atoms with van der Waals surface area (Å²) in [7, 11) is 0. The highest BCUT2D eigenvalue weighted by Crippen LogP contribution is 2.29. The van der Waals surface area contributed by atoms with Gasteiger partial charge in [-0.05, 0) is 43.8 Å². The van der Waals surface area contributed by atoms with Gasteiger partial charge in [-0.3, -0.25) is 0 Å². The predicted molar refractivity (Wildman–Crippen MR) is 86.3 cm³/mol. The van der Waals surface area contributed by atoms with E-state index in [9.17, 15) is 19.1 Å². The van der Waals surface area contributed by atoms with Gasteiger partial charge in [0.25, 0.3) is 0 Å². The van der Waals surface area contributed by atoms with Crippen molar-refractivity contribution < 1.29 is 23.8 Å². The third-order valence-corrected chi connectivity index (χ3v) is 4.03. The van der Waals surface area contributed by atoms with Gasteiger partial charge < -0.3 is 15.2 Å². The molecule has 0 spiro atoms. The van der Waals surface area contributed by atoms with E-state index in [4.69, 9.17) is 4.74 Å². The van der Waals surface area contributed by atoms with Gasteiger partial charge in [0.05, 0.1) is 0 Å². The third-order valence-electron chi connectivity index (χ3n) is 3.04. The molecule has 0 aliphatic rings. The normalized spacial score (nSPS) is 12.9. The smallest absolute Gasteiger partial charge is 0.408 e. The van der Waals surface area contributed by atoms with Gasteiger partial charge in [0.15, 0.2) is 0 Å². The number of carbonyl (C=O) groups excluding carboxylic acids is 1. The van der Waals surface area contributed by atoms with Gasteiger partial charge in [-0.1, -0.05) is 6.07 Å². The van der Waals surface area contributed by atoms with E-state index in [1.807, 2.05) is 0 Å². The predicted octanol–water partition coefficient (Wildman–Crippen LogP) is 3.56. The first-order valence-electron chi connectivity index (χ1n) is 7.04. The molecule has 0 radical (unpaired) electrons. The summed E-state index contributed by atoms with van der Waals surface area (Å²) in [6.45, 7) is 5.05. The first-order chi connectivity index (χ1) is 10.7. The van der Waals surface area contributed by atoms with Crippen LogP contribution < -0.4 is 5.32 Å². The molecule has 1 aromatic heterocycles. The maximum atomic E-state index is 14.0. The lowest BCUT2D eigenvalue weighted by atomic mass is 10.0. The van der Waals surface area contributed by atoms with Crippen molar-refractivity contribution in [2.45, 2.75) is 38.8 Å². The summed E-state index contributed by atoms with van der Waals surface area (Å²) in [4.78, 5) is 23.2. The van der Waals surface area contributed by atoms with Crippen molar-refractivity contribution >= 4 is 33.5 Å². The number of carboxylic acids is 1. The summed E-state index contributed by atoms with van der Waals surface area (Å²) in [6.07, 6.45) is -0.833. The van der Waals surface area contributed by atoms with Crippen LogP contribution in [0.4, 0.5) is 9.18 Å². The molecule has 1 atom stereocenters. The summed E-state index contributed by atoms with van der Waals surface area (Å²) in [5.41, 5.74) is -0.180. The molecular formula is C16H18FNO4S. The van der Waals surface area contributed by atoms with Crippen molar-refractivity contribution in [3.8, 4) is 0 Å². The number of rotatable bonds is 4. The Kier molecular flexibility index (Phi) is 4.89. The minimum atomic E-state index is -1.20. The lowest BCUT2D eigenvalue weighted by molar-refractivity contribution is -0.139. The summed E-state index contributed by atoms with van der Waals surface area (Å²) in [5.74, 6) is -1.60. The van der Waals surface area contributed by atoms with Crippen molar-refractivity contribution in [2.24, 2.45) is 0 Å². The molecule has 2 N–H and O–H groups in total. The molecule has 0 saturated carbocycles. The molecule has 0 bridgehead atoms. The Balaban J connectivity index is 2.19. The van der Waals surface area contributed by atoms with Crippen LogP contribution in [0.25, 0.3) is 10.1 Å². The number of ether oxygens (including phenoxy) is 1. The number of fused-ring (bicyclic) bond motifs is 1. The van der Waals surface area contributed by atoms with E-state index in [2.05, 4.69) is 5.32 Å². The zero-order valence-corrected chi connectivity index (χ0v) is 13.9. The Morgan fingerprint density at radius 3 is 2.70 bits per heavy atom. The zero-order chi connectivity index (χ0) is 17.2. The fourth-order valence-electron chi connectivity index (χ4n) is 2.13. The first kappa shape index (κ1) is 17.2. The Morgan fingerprint density at radius 2 is 2.09 bits per heavy atom. The van der Waals surface area contributed by atoms with Gasteiger partial charge >= 0.3 is 12.1 Å². The van der Waals surface area contributed by atoms with Crippen LogP contribution in [-0.2, 0) is 16.0 Å². The second-order valence-electron chi connectivity index (χ2n) is 6.12. The number of aliphatic carboxylic acids is 1. The van der Waals surface area contributed by atoms with Crippen molar-refractivity contribution in [1.82, 2.24) is 5.32 Å². The summed E-state index contributed by atoms with van der Waals surface area (Å²) < 4.78 is 19.8. The molecule has 5 nitrogen and oxygen atoms in total. The molecule has 1 aromatic carbocycles. The fraction of sp³-hybridized carbons (Fsp3) is 0.375. The van der Waals surface area contributed by atoms with Crippen LogP contribution in [0, 0.1) is 5.82 Å². The molecule has 7 heteroatoms. The Morgan fingerprint density at radius 1 is 1.39 bits per heavy atom. The van der Waals surface area contributed by atoms with Gasteiger partial charge in [0, 0.05) is 16.5 Å². The first-order valence-corrected chi connectivity index (χ1v) is 7.92. The standard InChI is InChI=1S/C16H18FNO4S/c1-16(2,3)22-15(21)18-11(14(19)20)7-9-8-23-12-6-4-5-10(17)13(9)12/h4-6,8,11H,7H2,1-3H3,(H,18,21)(H,19,20)/t11-/m0/s1. The van der Waals surface area contributed by atoms with E-state index in [-0.39, 0.29) is 6.42 Å². The molecular weight excluding hydrogens is 321 g/mol. The highest BCUT2D eigenvalue weighted by atomic mass is 32.1. The molecule has 0 aliphatic heterocycles. The van der Waals surface area contributed by atoms with Crippen LogP contribution in [0.1, 0.15) is 26.3 Å². The molecule has 0 saturated heterocycles. The average Bonchev–Trinajstić information content (AvgIpc) is 2.80. The molecule has 124 valence electrons. The number of carboxylic acid groups (broad SMARTS) is 1. The van der Waals surface area contributed by atoms with Crippen molar-refractivity contribution in [3.63, 3.8) is 0 Å². The number of hydrogen-bond acceptors (Lipinski definition) is 4. The lowest BCUT2D eigenvalue weighted by Gasteiger charge is -2.22. The molecule has 0 aliphatic carbocycles. The highest BCUT2D eigenvalue weighted by Gasteiger charge is 2.25. The van der Waals surface area contributed by atoms with Crippen LogP contribution in [-0.4, -0.2) is 28.8 Å². The van der Waals surface area contributed by atoms with Crippen LogP contribution in [0.2, 0.25) is 0 Å². The Bertz CT molecular complexity index is 735. The summed E-state index contributed by atoms with van der Waals surface area (Å²) in [5, 5.41) is 13.7. The molecule has 2 rings (SSSR count). The largest absolute Gasteiger partial charge is 0.480 e. The number of carbonyl (C=O) groups is 2. The number of benzene rings is 1. The number of nitrogens with one attached hydrogen (secondary N) is 1. The lowest BCUT2D eigenvalue weighted by Crippen LogP contribution is -2.44. The van der Waals surface area contributed by atoms with Crippen molar-refractivity contribution in [2.75, 3.05) is 0 Å². The number of hydrogen-bond donors (Lipinski definition) is 2. The second-order valence-corrected chi connectivity index (χ2v) is 7.03. The van der Waals surface area contributed by atoms with E-state index >= 15 is 0 Å².